The summed E-state index contributed by atoms with van der Waals surface area (Å²) < 4.78 is 0. The number of nitrogens with two attached hydrogens (primary N) is 1. The zero-order valence-electron chi connectivity index (χ0n) is 10.6. The van der Waals surface area contributed by atoms with E-state index < -0.39 is 0 Å². The van der Waals surface area contributed by atoms with Crippen LogP contribution in [0.15, 0.2) is 48.5 Å². The van der Waals surface area contributed by atoms with E-state index in [1.807, 2.05) is 37.4 Å². The zero-order chi connectivity index (χ0) is 13.1. The predicted octanol–water partition coefficient (Wildman–Crippen LogP) is 3.40. The summed E-state index contributed by atoms with van der Waals surface area (Å²) in [6.45, 7) is 2.08. The quantitative estimate of drug-likeness (QED) is 0.853. The van der Waals surface area contributed by atoms with Crippen molar-refractivity contribution in [2.45, 2.75) is 6.92 Å². The van der Waals surface area contributed by atoms with Crippen LogP contribution in [0.25, 0.3) is 0 Å². The minimum absolute atomic E-state index is 0.421. The van der Waals surface area contributed by atoms with Gasteiger partial charge in [-0.2, -0.15) is 0 Å². The molecule has 0 heterocycles. The molecule has 0 fully saturated rings. The molecule has 0 aliphatic carbocycles. The maximum atomic E-state index is 5.77. The van der Waals surface area contributed by atoms with Gasteiger partial charge in [0.2, 0.25) is 0 Å². The highest BCUT2D eigenvalue weighted by Crippen LogP contribution is 2.27. The molecule has 2 rings (SSSR count). The average molecular weight is 256 g/mol. The van der Waals surface area contributed by atoms with E-state index in [4.69, 9.17) is 18.0 Å². The molecule has 92 valence electrons. The van der Waals surface area contributed by atoms with Crippen molar-refractivity contribution in [1.29, 1.82) is 0 Å². The van der Waals surface area contributed by atoms with Gasteiger partial charge in [-0.1, -0.05) is 36.5 Å². The molecular formula is C15H16N2S. The highest BCUT2D eigenvalue weighted by molar-refractivity contribution is 7.80. The Balaban J connectivity index is 2.46. The lowest BCUT2D eigenvalue weighted by molar-refractivity contribution is 1.20. The zero-order valence-corrected chi connectivity index (χ0v) is 11.4. The summed E-state index contributed by atoms with van der Waals surface area (Å²) >= 11 is 5.10. The Morgan fingerprint density at radius 3 is 2.50 bits per heavy atom. The second-order valence-corrected chi connectivity index (χ2v) is 4.72. The molecule has 0 spiro atoms. The number of thiocarbonyl (C=S) groups is 1. The van der Waals surface area contributed by atoms with E-state index in [1.54, 1.807) is 0 Å². The van der Waals surface area contributed by atoms with Crippen molar-refractivity contribution in [3.63, 3.8) is 0 Å². The Hall–Kier alpha value is -1.87. The molecule has 0 aromatic heterocycles. The fraction of sp³-hybridized carbons (Fsp3) is 0.133. The van der Waals surface area contributed by atoms with Crippen LogP contribution in [0.3, 0.4) is 0 Å². The van der Waals surface area contributed by atoms with Crippen LogP contribution in [0.2, 0.25) is 0 Å². The lowest BCUT2D eigenvalue weighted by atomic mass is 10.1. The third kappa shape index (κ3) is 2.51. The monoisotopic (exact) mass is 256 g/mol. The molecular weight excluding hydrogens is 240 g/mol. The Morgan fingerprint density at radius 2 is 1.83 bits per heavy atom. The number of benzene rings is 2. The van der Waals surface area contributed by atoms with E-state index in [0.29, 0.717) is 4.99 Å². The Morgan fingerprint density at radius 1 is 1.11 bits per heavy atom. The first-order valence-electron chi connectivity index (χ1n) is 5.79. The summed E-state index contributed by atoms with van der Waals surface area (Å²) in [6.07, 6.45) is 0. The van der Waals surface area contributed by atoms with Crippen LogP contribution in [0.5, 0.6) is 0 Å². The molecule has 0 amide bonds. The van der Waals surface area contributed by atoms with Crippen LogP contribution in [0.4, 0.5) is 11.4 Å². The summed E-state index contributed by atoms with van der Waals surface area (Å²) in [4.78, 5) is 2.52. The summed E-state index contributed by atoms with van der Waals surface area (Å²) in [5, 5.41) is 0. The number of nitrogens with zero attached hydrogens (tertiary/aromatic N) is 1. The second kappa shape index (κ2) is 5.19. The standard InChI is InChI=1S/C15H16N2S/c1-11-6-5-7-12(10-11)17(2)14-9-4-3-8-13(14)15(16)18/h3-10H,1-2H3,(H2,16,18). The van der Waals surface area contributed by atoms with Gasteiger partial charge in [0.25, 0.3) is 0 Å². The van der Waals surface area contributed by atoms with E-state index in [-0.39, 0.29) is 0 Å². The minimum atomic E-state index is 0.421. The van der Waals surface area contributed by atoms with Gasteiger partial charge in [0.1, 0.15) is 4.99 Å². The molecule has 2 nitrogen and oxygen atoms in total. The van der Waals surface area contributed by atoms with E-state index in [2.05, 4.69) is 30.0 Å². The van der Waals surface area contributed by atoms with Crippen LogP contribution >= 0.6 is 12.2 Å². The number of aryl methyl sites for hydroxylation is 1. The third-order valence-electron chi connectivity index (χ3n) is 2.92. The van der Waals surface area contributed by atoms with Gasteiger partial charge in [-0.05, 0) is 36.8 Å². The smallest absolute Gasteiger partial charge is 0.106 e. The van der Waals surface area contributed by atoms with Gasteiger partial charge >= 0.3 is 0 Å². The van der Waals surface area contributed by atoms with E-state index >= 15 is 0 Å². The number of rotatable bonds is 3. The predicted molar refractivity (Wildman–Crippen MR) is 81.6 cm³/mol. The van der Waals surface area contributed by atoms with Crippen molar-refractivity contribution >= 4 is 28.6 Å². The molecule has 2 N–H and O–H groups in total. The number of para-hydroxylation sites is 1. The fourth-order valence-corrected chi connectivity index (χ4v) is 2.12. The lowest BCUT2D eigenvalue weighted by Gasteiger charge is -2.22. The first kappa shape index (κ1) is 12.6. The van der Waals surface area contributed by atoms with Gasteiger partial charge < -0.3 is 10.6 Å². The normalized spacial score (nSPS) is 10.1. The first-order chi connectivity index (χ1) is 8.59. The molecule has 2 aromatic carbocycles. The maximum absolute atomic E-state index is 5.77. The van der Waals surface area contributed by atoms with Gasteiger partial charge in [-0.15, -0.1) is 0 Å². The summed E-state index contributed by atoms with van der Waals surface area (Å²) in [7, 11) is 2.02. The molecule has 0 radical (unpaired) electrons. The Labute approximate surface area is 113 Å². The van der Waals surface area contributed by atoms with Gasteiger partial charge in [-0.3, -0.25) is 0 Å². The lowest BCUT2D eigenvalue weighted by Crippen LogP contribution is -2.17. The molecule has 3 heteroatoms. The van der Waals surface area contributed by atoms with Gasteiger partial charge in [0.05, 0.1) is 5.69 Å². The van der Waals surface area contributed by atoms with Crippen molar-refractivity contribution in [1.82, 2.24) is 0 Å². The van der Waals surface area contributed by atoms with Crippen LogP contribution in [0, 0.1) is 6.92 Å². The summed E-state index contributed by atoms with van der Waals surface area (Å²) in [5.74, 6) is 0. The van der Waals surface area contributed by atoms with Crippen LogP contribution < -0.4 is 10.6 Å². The molecule has 0 aliphatic rings. The largest absolute Gasteiger partial charge is 0.389 e. The Bertz CT molecular complexity index is 578. The van der Waals surface area contributed by atoms with Crippen LogP contribution in [0.1, 0.15) is 11.1 Å². The summed E-state index contributed by atoms with van der Waals surface area (Å²) in [5.41, 5.74) is 10.0. The van der Waals surface area contributed by atoms with Crippen LogP contribution in [-0.4, -0.2) is 12.0 Å². The molecule has 0 saturated carbocycles. The van der Waals surface area contributed by atoms with Crippen LogP contribution in [-0.2, 0) is 0 Å². The molecule has 0 unspecified atom stereocenters. The van der Waals surface area contributed by atoms with E-state index in [1.165, 1.54) is 5.56 Å². The number of anilines is 2. The van der Waals surface area contributed by atoms with Gasteiger partial charge in [0, 0.05) is 18.3 Å². The molecule has 0 atom stereocenters. The van der Waals surface area contributed by atoms with Crippen molar-refractivity contribution in [3.8, 4) is 0 Å². The van der Waals surface area contributed by atoms with Crippen molar-refractivity contribution in [2.75, 3.05) is 11.9 Å². The third-order valence-corrected chi connectivity index (χ3v) is 3.14. The molecule has 2 aromatic rings. The highest BCUT2D eigenvalue weighted by Gasteiger charge is 2.10. The Kier molecular flexibility index (Phi) is 3.63. The number of hydrogen-bond acceptors (Lipinski definition) is 2. The molecule has 0 aliphatic heterocycles. The molecule has 0 saturated heterocycles. The van der Waals surface area contributed by atoms with Crippen molar-refractivity contribution < 1.29 is 0 Å². The first-order valence-corrected chi connectivity index (χ1v) is 6.19. The van der Waals surface area contributed by atoms with E-state index in [0.717, 1.165) is 16.9 Å². The average Bonchev–Trinajstić information content (AvgIpc) is 2.38. The highest BCUT2D eigenvalue weighted by atomic mass is 32.1. The maximum Gasteiger partial charge on any atom is 0.106 e. The minimum Gasteiger partial charge on any atom is -0.389 e. The van der Waals surface area contributed by atoms with E-state index in [9.17, 15) is 0 Å². The topological polar surface area (TPSA) is 29.3 Å². The fourth-order valence-electron chi connectivity index (χ4n) is 1.95. The molecule has 0 bridgehead atoms. The van der Waals surface area contributed by atoms with Crippen molar-refractivity contribution in [2.24, 2.45) is 5.73 Å². The second-order valence-electron chi connectivity index (χ2n) is 4.28. The SMILES string of the molecule is Cc1cccc(N(C)c2ccccc2C(N)=S)c1. The van der Waals surface area contributed by atoms with Gasteiger partial charge in [-0.25, -0.2) is 0 Å². The summed E-state index contributed by atoms with van der Waals surface area (Å²) in [6, 6.07) is 16.2. The van der Waals surface area contributed by atoms with Gasteiger partial charge in [0.15, 0.2) is 0 Å². The van der Waals surface area contributed by atoms with Crippen molar-refractivity contribution in [3.05, 3.63) is 59.7 Å². The molecule has 18 heavy (non-hydrogen) atoms. The number of hydrogen-bond donors (Lipinski definition) is 1.